The third-order valence-electron chi connectivity index (χ3n) is 0.957. The van der Waals surface area contributed by atoms with Crippen molar-refractivity contribution in [2.45, 2.75) is 39.5 Å². The highest BCUT2D eigenvalue weighted by Crippen LogP contribution is 1.95. The minimum Gasteiger partial charge on any atom is -0.222 e. The molecule has 0 rings (SSSR count). The lowest BCUT2D eigenvalue weighted by Gasteiger charge is -1.86. The van der Waals surface area contributed by atoms with Gasteiger partial charge in [-0.25, -0.2) is 51.0 Å². The van der Waals surface area contributed by atoms with Gasteiger partial charge in [0.15, 0.2) is 0 Å². The molecule has 0 heterocycles. The summed E-state index contributed by atoms with van der Waals surface area (Å²) in [4.78, 5) is 41.7. The van der Waals surface area contributed by atoms with Crippen molar-refractivity contribution in [1.29, 1.82) is 27.0 Å². The normalized spacial score (nSPS) is 4.48. The van der Waals surface area contributed by atoms with Gasteiger partial charge in [0.1, 0.15) is 0 Å². The van der Waals surface area contributed by atoms with E-state index in [9.17, 15) is 0 Å². The van der Waals surface area contributed by atoms with Gasteiger partial charge in [-0.3, -0.25) is 0 Å². The van der Waals surface area contributed by atoms with Crippen LogP contribution in [0.2, 0.25) is 0 Å². The summed E-state index contributed by atoms with van der Waals surface area (Å²) in [5.41, 5.74) is 0. The number of hydrogen-bond acceptors (Lipinski definition) is 10. The van der Waals surface area contributed by atoms with Gasteiger partial charge in [-0.2, -0.15) is 0 Å². The van der Waals surface area contributed by atoms with Crippen LogP contribution >= 0.6 is 0 Å². The summed E-state index contributed by atoms with van der Waals surface area (Å²) in [6.45, 7) is 4.46. The highest BCUT2D eigenvalue weighted by molar-refractivity contribution is 5.27. The topological polar surface area (TPSA) is 205 Å². The zero-order chi connectivity index (χ0) is 18.4. The first-order valence-corrected chi connectivity index (χ1v) is 5.18. The molecule has 0 atom stereocenters. The van der Waals surface area contributed by atoms with Crippen molar-refractivity contribution in [3.63, 3.8) is 0 Å². The summed E-state index contributed by atoms with van der Waals surface area (Å²) >= 11 is 0. The zero-order valence-electron chi connectivity index (χ0n) is 11.9. The maximum absolute atomic E-state index is 8.35. The first kappa shape index (κ1) is 36.1. The van der Waals surface area contributed by atoms with Gasteiger partial charge in [0, 0.05) is 0 Å². The summed E-state index contributed by atoms with van der Waals surface area (Å²) in [6, 6.07) is 0. The van der Waals surface area contributed by atoms with Crippen molar-refractivity contribution in [3.05, 3.63) is 0 Å². The third-order valence-corrected chi connectivity index (χ3v) is 0.957. The Morgan fingerprint density at radius 3 is 0.667 bits per heavy atom. The fraction of sp³-hybridized carbons (Fsp3) is 0.545. The number of hydrogen-bond donors (Lipinski definition) is 5. The summed E-state index contributed by atoms with van der Waals surface area (Å²) in [6.07, 6.45) is 9.29. The molecular weight excluding hydrogens is 282 g/mol. The second-order valence-corrected chi connectivity index (χ2v) is 2.22. The molecule has 0 radical (unpaired) electrons. The van der Waals surface area contributed by atoms with E-state index < -0.39 is 0 Å². The van der Waals surface area contributed by atoms with Crippen molar-refractivity contribution in [3.8, 4) is 0 Å². The summed E-state index contributed by atoms with van der Waals surface area (Å²) < 4.78 is 0. The Kier molecular flexibility index (Phi) is 211. The van der Waals surface area contributed by atoms with Gasteiger partial charge in [0.05, 0.1) is 0 Å². The number of isocyanates is 5. The van der Waals surface area contributed by atoms with Gasteiger partial charge in [0.2, 0.25) is 30.4 Å². The molecule has 10 nitrogen and oxygen atoms in total. The SMILES string of the molecule is CCCCCC.N=C=O.N=C=O.N=C=O.N=C=O.N=C=O. The summed E-state index contributed by atoms with van der Waals surface area (Å²) in [5, 5.41) is 27.0. The average molecular weight is 301 g/mol. The van der Waals surface area contributed by atoms with Crippen LogP contribution in [0.25, 0.3) is 0 Å². The van der Waals surface area contributed by atoms with Crippen LogP contribution in [0.5, 0.6) is 0 Å². The van der Waals surface area contributed by atoms with E-state index in [2.05, 4.69) is 13.8 Å². The molecule has 118 valence electrons. The number of carbonyl (C=O) groups excluding carboxylic acids is 5. The quantitative estimate of drug-likeness (QED) is 0.300. The molecule has 0 aliphatic rings. The molecular formula is C11H19N5O5. The van der Waals surface area contributed by atoms with Gasteiger partial charge in [0.25, 0.3) is 0 Å². The molecule has 0 saturated carbocycles. The lowest BCUT2D eigenvalue weighted by molar-refractivity contribution is 0.562. The lowest BCUT2D eigenvalue weighted by Crippen LogP contribution is -1.66. The highest BCUT2D eigenvalue weighted by Gasteiger charge is 1.75. The minimum absolute atomic E-state index is 0.750. The maximum Gasteiger partial charge on any atom is 0.231 e. The average Bonchev–Trinajstić information content (AvgIpc) is 2.41. The number of unbranched alkanes of at least 4 members (excludes halogenated alkanes) is 3. The first-order chi connectivity index (χ1) is 9.99. The number of rotatable bonds is 3. The molecule has 21 heavy (non-hydrogen) atoms. The van der Waals surface area contributed by atoms with Crippen molar-refractivity contribution in [1.82, 2.24) is 0 Å². The van der Waals surface area contributed by atoms with E-state index in [0.29, 0.717) is 0 Å². The van der Waals surface area contributed by atoms with Crippen LogP contribution in [-0.4, -0.2) is 30.4 Å². The molecule has 0 aromatic heterocycles. The fourth-order valence-electron chi connectivity index (χ4n) is 0.500. The second kappa shape index (κ2) is 123. The van der Waals surface area contributed by atoms with Crippen molar-refractivity contribution in [2.75, 3.05) is 0 Å². The van der Waals surface area contributed by atoms with E-state index in [1.807, 2.05) is 0 Å². The van der Waals surface area contributed by atoms with Crippen molar-refractivity contribution < 1.29 is 24.0 Å². The summed E-state index contributed by atoms with van der Waals surface area (Å²) in [7, 11) is 0. The third kappa shape index (κ3) is 375000. The fourth-order valence-corrected chi connectivity index (χ4v) is 0.500. The Hall–Kier alpha value is -3.10. The molecule has 0 aromatic rings. The predicted molar refractivity (Wildman–Crippen MR) is 71.9 cm³/mol. The Morgan fingerprint density at radius 2 is 0.619 bits per heavy atom. The Balaban J connectivity index is -0.0000000333. The van der Waals surface area contributed by atoms with Crippen LogP contribution in [0, 0.1) is 27.0 Å². The number of nitrogens with one attached hydrogen (secondary N) is 5. The molecule has 0 spiro atoms. The monoisotopic (exact) mass is 301 g/mol. The van der Waals surface area contributed by atoms with Crippen molar-refractivity contribution in [2.24, 2.45) is 0 Å². The molecule has 0 aliphatic carbocycles. The molecule has 0 aromatic carbocycles. The van der Waals surface area contributed by atoms with Gasteiger partial charge in [-0.1, -0.05) is 39.5 Å². The second-order valence-electron chi connectivity index (χ2n) is 2.22. The molecule has 0 bridgehead atoms. The molecule has 10 heteroatoms. The lowest BCUT2D eigenvalue weighted by atomic mass is 10.2. The van der Waals surface area contributed by atoms with E-state index >= 15 is 0 Å². The van der Waals surface area contributed by atoms with E-state index in [1.54, 1.807) is 0 Å². The Labute approximate surface area is 122 Å². The van der Waals surface area contributed by atoms with E-state index in [0.717, 1.165) is 30.4 Å². The first-order valence-electron chi connectivity index (χ1n) is 5.18. The van der Waals surface area contributed by atoms with E-state index in [1.165, 1.54) is 25.7 Å². The van der Waals surface area contributed by atoms with Gasteiger partial charge in [-0.15, -0.1) is 0 Å². The minimum atomic E-state index is 0.750. The molecule has 0 amide bonds. The van der Waals surface area contributed by atoms with Crippen LogP contribution in [0.3, 0.4) is 0 Å². The van der Waals surface area contributed by atoms with Gasteiger partial charge >= 0.3 is 0 Å². The summed E-state index contributed by atoms with van der Waals surface area (Å²) in [5.74, 6) is 0. The van der Waals surface area contributed by atoms with Crippen LogP contribution in [0.1, 0.15) is 39.5 Å². The van der Waals surface area contributed by atoms with Crippen molar-refractivity contribution >= 4 is 30.4 Å². The van der Waals surface area contributed by atoms with E-state index in [-0.39, 0.29) is 0 Å². The Bertz CT molecular complexity index is 253. The van der Waals surface area contributed by atoms with Crippen LogP contribution < -0.4 is 0 Å². The van der Waals surface area contributed by atoms with Crippen LogP contribution in [0.4, 0.5) is 0 Å². The smallest absolute Gasteiger partial charge is 0.222 e. The largest absolute Gasteiger partial charge is 0.231 e. The molecule has 0 fully saturated rings. The van der Waals surface area contributed by atoms with Gasteiger partial charge < -0.3 is 0 Å². The molecule has 0 aliphatic heterocycles. The molecule has 0 unspecified atom stereocenters. The maximum atomic E-state index is 8.35. The Morgan fingerprint density at radius 1 is 0.524 bits per heavy atom. The van der Waals surface area contributed by atoms with Gasteiger partial charge in [-0.05, 0) is 0 Å². The van der Waals surface area contributed by atoms with E-state index in [4.69, 9.17) is 51.0 Å². The molecule has 0 saturated heterocycles. The molecule has 5 N–H and O–H groups in total. The highest BCUT2D eigenvalue weighted by atomic mass is 16.1. The van der Waals surface area contributed by atoms with Crippen LogP contribution in [0.15, 0.2) is 0 Å². The standard InChI is InChI=1S/C6H14.5CHNO/c1-3-5-6-4-2;5*2-1-3/h3-6H2,1-2H3;5*2H. The zero-order valence-corrected chi connectivity index (χ0v) is 11.9. The predicted octanol–water partition coefficient (Wildman–Crippen LogP) is 2.09. The van der Waals surface area contributed by atoms with Crippen LogP contribution in [-0.2, 0) is 24.0 Å².